The van der Waals surface area contributed by atoms with Crippen molar-refractivity contribution in [1.29, 1.82) is 0 Å². The van der Waals surface area contributed by atoms with E-state index in [0.717, 1.165) is 44.1 Å². The number of aliphatic hydroxyl groups is 3. The third kappa shape index (κ3) is 4.30. The maximum absolute atomic E-state index is 12.5. The number of cyclic esters (lactones) is 1. The summed E-state index contributed by atoms with van der Waals surface area (Å²) in [4.78, 5) is 17.9. The Balaban J connectivity index is 1.22. The highest BCUT2D eigenvalue weighted by molar-refractivity contribution is 5.85. The molecule has 0 unspecified atom stereocenters. The molecule has 6 aliphatic rings. The van der Waals surface area contributed by atoms with Gasteiger partial charge in [0.25, 0.3) is 0 Å². The fourth-order valence-electron chi connectivity index (χ4n) is 10.9. The minimum atomic E-state index is -0.984. The van der Waals surface area contributed by atoms with Crippen LogP contribution in [0.1, 0.15) is 72.1 Å². The summed E-state index contributed by atoms with van der Waals surface area (Å²) in [6.45, 7) is 6.60. The maximum Gasteiger partial charge on any atom is 0.331 e. The average molecular weight is 594 g/mol. The molecule has 0 aromatic heterocycles. The first-order chi connectivity index (χ1) is 19.9. The van der Waals surface area contributed by atoms with Crippen LogP contribution in [0.5, 0.6) is 0 Å². The van der Waals surface area contributed by atoms with Crippen LogP contribution in [0.2, 0.25) is 0 Å². The molecule has 0 aromatic carbocycles. The fraction of sp³-hybridized carbons (Fsp3) is 0.906. The molecule has 1 saturated heterocycles. The van der Waals surface area contributed by atoms with Crippen LogP contribution in [0.25, 0.3) is 0 Å². The molecule has 10 nitrogen and oxygen atoms in total. The first kappa shape index (κ1) is 30.9. The summed E-state index contributed by atoms with van der Waals surface area (Å²) < 4.78 is 22.8. The number of ether oxygens (including phenoxy) is 4. The molecule has 238 valence electrons. The molecule has 0 aromatic rings. The van der Waals surface area contributed by atoms with E-state index in [1.807, 2.05) is 12.0 Å². The highest BCUT2D eigenvalue weighted by atomic mass is 16.7. The van der Waals surface area contributed by atoms with Crippen molar-refractivity contribution in [2.45, 2.75) is 121 Å². The van der Waals surface area contributed by atoms with Crippen molar-refractivity contribution in [2.75, 3.05) is 27.9 Å². The van der Waals surface area contributed by atoms with Crippen molar-refractivity contribution in [3.05, 3.63) is 11.6 Å². The Morgan fingerprint density at radius 3 is 2.36 bits per heavy atom. The molecule has 0 spiro atoms. The summed E-state index contributed by atoms with van der Waals surface area (Å²) >= 11 is 0. The van der Waals surface area contributed by atoms with Crippen LogP contribution in [0.15, 0.2) is 11.6 Å². The van der Waals surface area contributed by atoms with Gasteiger partial charge in [0.05, 0.1) is 24.9 Å². The van der Waals surface area contributed by atoms with Gasteiger partial charge >= 0.3 is 5.97 Å². The number of rotatable bonds is 6. The molecule has 14 atom stereocenters. The standard InChI is InChI=1S/C32H51NO9/c1-17-27(38-4)26(36)28(39-5)29(42-17)33(40-6)20-9-11-30(2)19(14-20)7-8-22-23(30)15-24(34)31(3)21(10-12-32(22,31)37)18-13-25(35)41-16-18/h13,17,19-24,26-29,34,36-37H,7-12,14-16H2,1-6H3/t17-,19-,20-,21-,22-,23+,24-,26+,27-,28-,29-,30+,31+,32+/m1/s1. The Morgan fingerprint density at radius 2 is 1.71 bits per heavy atom. The molecule has 0 amide bonds. The van der Waals surface area contributed by atoms with Crippen molar-refractivity contribution >= 4 is 5.97 Å². The van der Waals surface area contributed by atoms with Crippen LogP contribution in [0.3, 0.4) is 0 Å². The van der Waals surface area contributed by atoms with Crippen LogP contribution in [-0.4, -0.2) is 103 Å². The molecule has 4 saturated carbocycles. The number of hydrogen-bond acceptors (Lipinski definition) is 10. The van der Waals surface area contributed by atoms with Gasteiger partial charge in [-0.05, 0) is 93.0 Å². The van der Waals surface area contributed by atoms with Crippen LogP contribution >= 0.6 is 0 Å². The summed E-state index contributed by atoms with van der Waals surface area (Å²) in [5, 5.41) is 37.3. The lowest BCUT2D eigenvalue weighted by Crippen LogP contribution is -2.68. The maximum atomic E-state index is 12.5. The normalized spacial score (nSPS) is 52.4. The van der Waals surface area contributed by atoms with Gasteiger partial charge in [-0.15, -0.1) is 0 Å². The molecule has 4 aliphatic carbocycles. The van der Waals surface area contributed by atoms with Gasteiger partial charge in [0.15, 0.2) is 6.23 Å². The molecule has 0 radical (unpaired) electrons. The zero-order chi connectivity index (χ0) is 30.2. The van der Waals surface area contributed by atoms with Crippen molar-refractivity contribution in [2.24, 2.45) is 34.5 Å². The van der Waals surface area contributed by atoms with Gasteiger partial charge < -0.3 is 34.3 Å². The Hall–Kier alpha value is -1.11. The molecule has 6 rings (SSSR count). The van der Waals surface area contributed by atoms with Gasteiger partial charge in [-0.2, -0.15) is 5.06 Å². The number of hydroxylamine groups is 2. The number of esters is 1. The lowest BCUT2D eigenvalue weighted by Gasteiger charge is -2.65. The molecular formula is C32H51NO9. The van der Waals surface area contributed by atoms with Crippen LogP contribution in [-0.2, 0) is 28.6 Å². The summed E-state index contributed by atoms with van der Waals surface area (Å²) in [5.41, 5.74) is -0.789. The second kappa shape index (κ2) is 11.1. The predicted octanol–water partition coefficient (Wildman–Crippen LogP) is 2.58. The number of carbonyl (C=O) groups is 1. The van der Waals surface area contributed by atoms with Gasteiger partial charge in [-0.3, -0.25) is 4.84 Å². The van der Waals surface area contributed by atoms with E-state index < -0.39 is 41.7 Å². The number of carbonyl (C=O) groups excluding carboxylic acids is 1. The van der Waals surface area contributed by atoms with Gasteiger partial charge in [-0.1, -0.05) is 13.8 Å². The molecule has 2 heterocycles. The number of nitrogens with zero attached hydrogens (tertiary/aromatic N) is 1. The summed E-state index contributed by atoms with van der Waals surface area (Å²) in [6, 6.07) is 0.0790. The van der Waals surface area contributed by atoms with E-state index >= 15 is 0 Å². The minimum Gasteiger partial charge on any atom is -0.458 e. The summed E-state index contributed by atoms with van der Waals surface area (Å²) in [5.74, 6) is 0.334. The zero-order valence-electron chi connectivity index (χ0n) is 26.0. The molecule has 42 heavy (non-hydrogen) atoms. The third-order valence-corrected chi connectivity index (χ3v) is 13.2. The summed E-state index contributed by atoms with van der Waals surface area (Å²) in [6.07, 6.45) is 4.75. The third-order valence-electron chi connectivity index (χ3n) is 13.2. The lowest BCUT2D eigenvalue weighted by atomic mass is 9.42. The van der Waals surface area contributed by atoms with Crippen molar-refractivity contribution < 1.29 is 43.9 Å². The Bertz CT molecular complexity index is 1070. The van der Waals surface area contributed by atoms with Gasteiger partial charge in [-0.25, -0.2) is 4.79 Å². The Kier molecular flexibility index (Phi) is 8.13. The average Bonchev–Trinajstić information content (AvgIpc) is 3.50. The second-order valence-corrected chi connectivity index (χ2v) is 14.5. The topological polar surface area (TPSA) is 127 Å². The highest BCUT2D eigenvalue weighted by Gasteiger charge is 2.71. The zero-order valence-corrected chi connectivity index (χ0v) is 26.0. The fourth-order valence-corrected chi connectivity index (χ4v) is 10.9. The number of aliphatic hydroxyl groups excluding tert-OH is 2. The van der Waals surface area contributed by atoms with Crippen molar-refractivity contribution in [1.82, 2.24) is 5.06 Å². The minimum absolute atomic E-state index is 0.0251. The quantitative estimate of drug-likeness (QED) is 0.312. The first-order valence-electron chi connectivity index (χ1n) is 15.9. The molecule has 2 aliphatic heterocycles. The van der Waals surface area contributed by atoms with E-state index in [1.165, 1.54) is 0 Å². The van der Waals surface area contributed by atoms with E-state index in [2.05, 4.69) is 13.8 Å². The first-order valence-corrected chi connectivity index (χ1v) is 15.9. The highest BCUT2D eigenvalue weighted by Crippen LogP contribution is 2.70. The molecular weight excluding hydrogens is 542 g/mol. The smallest absolute Gasteiger partial charge is 0.331 e. The van der Waals surface area contributed by atoms with Crippen LogP contribution in [0.4, 0.5) is 0 Å². The SMILES string of the molecule is CO[C@@H]1[C@@H](O)[C@H](OC)[C@@H](C)O[C@H]1N(OC)[C@@H]1CC[C@@]2(C)[C@H](CC[C@@H]3[C@@H]2C[C@@H](O)[C@]2(C)[C@@H](C4=CC(=O)OC4)CC[C@]32O)C1. The van der Waals surface area contributed by atoms with Crippen LogP contribution < -0.4 is 0 Å². The van der Waals surface area contributed by atoms with E-state index in [9.17, 15) is 20.1 Å². The summed E-state index contributed by atoms with van der Waals surface area (Å²) in [7, 11) is 4.80. The van der Waals surface area contributed by atoms with Gasteiger partial charge in [0.1, 0.15) is 24.9 Å². The second-order valence-electron chi connectivity index (χ2n) is 14.5. The van der Waals surface area contributed by atoms with Crippen LogP contribution in [0, 0.1) is 34.5 Å². The van der Waals surface area contributed by atoms with Gasteiger partial charge in [0, 0.05) is 31.8 Å². The Morgan fingerprint density at radius 1 is 0.976 bits per heavy atom. The predicted molar refractivity (Wildman–Crippen MR) is 152 cm³/mol. The monoisotopic (exact) mass is 593 g/mol. The van der Waals surface area contributed by atoms with E-state index in [-0.39, 0.29) is 47.9 Å². The largest absolute Gasteiger partial charge is 0.458 e. The molecule has 0 bridgehead atoms. The lowest BCUT2D eigenvalue weighted by molar-refractivity contribution is -0.345. The van der Waals surface area contributed by atoms with E-state index in [1.54, 1.807) is 27.4 Å². The van der Waals surface area contributed by atoms with Crippen molar-refractivity contribution in [3.63, 3.8) is 0 Å². The number of hydrogen-bond donors (Lipinski definition) is 3. The van der Waals surface area contributed by atoms with E-state index in [0.29, 0.717) is 18.8 Å². The number of fused-ring (bicyclic) bond motifs is 5. The Labute approximate surface area is 249 Å². The molecule has 3 N–H and O–H groups in total. The molecule has 5 fully saturated rings. The molecule has 10 heteroatoms. The van der Waals surface area contributed by atoms with E-state index in [4.69, 9.17) is 23.8 Å². The van der Waals surface area contributed by atoms with Gasteiger partial charge in [0.2, 0.25) is 0 Å². The van der Waals surface area contributed by atoms with Crippen molar-refractivity contribution in [3.8, 4) is 0 Å². The number of methoxy groups -OCH3 is 2.